The van der Waals surface area contributed by atoms with Gasteiger partial charge in [-0.3, -0.25) is 34.1 Å². The van der Waals surface area contributed by atoms with Crippen molar-refractivity contribution >= 4 is 114 Å². The number of amides is 6. The topological polar surface area (TPSA) is 320 Å². The maximum atomic E-state index is 14.2. The number of nitrogens with zero attached hydrogens (tertiary/aromatic N) is 7. The number of benzene rings is 1. The number of pyridine rings is 1. The fourth-order valence-corrected chi connectivity index (χ4v) is 13.0. The van der Waals surface area contributed by atoms with E-state index in [1.807, 2.05) is 0 Å². The minimum Gasteiger partial charge on any atom is -0.386 e. The van der Waals surface area contributed by atoms with Crippen LogP contribution in [0, 0.1) is 6.92 Å². The summed E-state index contributed by atoms with van der Waals surface area (Å²) in [7, 11) is 2.90. The van der Waals surface area contributed by atoms with Crippen molar-refractivity contribution in [2.24, 2.45) is 5.73 Å². The Morgan fingerprint density at radius 3 is 2.29 bits per heavy atom. The lowest BCUT2D eigenvalue weighted by molar-refractivity contribution is -0.122. The van der Waals surface area contributed by atoms with Crippen molar-refractivity contribution < 1.29 is 38.6 Å². The Bertz CT molecular complexity index is 3460. The highest BCUT2D eigenvalue weighted by atomic mass is 32.1. The Balaban J connectivity index is 1.10. The summed E-state index contributed by atoms with van der Waals surface area (Å²) in [4.78, 5) is 115. The molecule has 0 radical (unpaired) electrons. The summed E-state index contributed by atoms with van der Waals surface area (Å²) >= 11 is 7.06. The summed E-state index contributed by atoms with van der Waals surface area (Å²) in [5.41, 5.74) is 8.34. The first-order valence-electron chi connectivity index (χ1n) is 23.7. The predicted octanol–water partition coefficient (Wildman–Crippen LogP) is 6.89. The average molecular weight is 1150 g/mol. The van der Waals surface area contributed by atoms with Crippen LogP contribution in [0.15, 0.2) is 64.0 Å². The zero-order valence-electron chi connectivity index (χ0n) is 41.2. The Morgan fingerprint density at radius 1 is 0.740 bits per heavy atom. The Morgan fingerprint density at radius 2 is 1.49 bits per heavy atom. The maximum Gasteiger partial charge on any atom is 0.277 e. The molecule has 7 aromatic heterocycles. The number of aliphatic hydroxyl groups excluding tert-OH is 1. The van der Waals surface area contributed by atoms with Crippen LogP contribution in [0.1, 0.15) is 107 Å². The molecule has 9 N–H and O–H groups in total. The molecule has 1 aliphatic rings. The van der Waals surface area contributed by atoms with Crippen molar-refractivity contribution in [1.82, 2.24) is 56.2 Å². The van der Waals surface area contributed by atoms with Gasteiger partial charge in [0.15, 0.2) is 5.13 Å². The average Bonchev–Trinajstić information content (AvgIpc) is 4.32. The van der Waals surface area contributed by atoms with Gasteiger partial charge in [-0.05, 0) is 44.0 Å². The van der Waals surface area contributed by atoms with E-state index in [1.54, 1.807) is 70.9 Å². The van der Waals surface area contributed by atoms with E-state index in [4.69, 9.17) is 30.4 Å². The molecule has 77 heavy (non-hydrogen) atoms. The summed E-state index contributed by atoms with van der Waals surface area (Å²) in [6, 6.07) is 10.3. The van der Waals surface area contributed by atoms with Crippen molar-refractivity contribution in [3.8, 4) is 43.4 Å². The number of unbranched alkanes of at least 4 members (excludes halogenated alkanes) is 2. The standard InChI is InChI=1S/C49H48N14O8S6/c1-23-36-43(70)63-49-62-38(31(77-49)18-71-3)42(69)52-17-35(66)60-39(40(67)24-10-6-4-7-11-24)48-57-30(21-74-48)46-55-28(19-73-46)37-25(13-14-26(53-37)45-59-32(22-75-45)58-33(64)12-8-5-9-15-50)44-56-29(20-72-44)41(68)54-27(16-34(65)51-2)47(61-36)76-23/h4,6-7,10-11,13-14,19-22,27,39-40,67H,5,8-9,12,15-18,50H2,1-3H3,(H,51,65)(H,52,69)(H,54,68)(H,58,64)(H,60,66)(H,62,63,70)/t27-,39-,40-/m0/s1. The van der Waals surface area contributed by atoms with E-state index in [-0.39, 0.29) is 46.2 Å². The van der Waals surface area contributed by atoms with Crippen molar-refractivity contribution in [3.63, 3.8) is 0 Å². The van der Waals surface area contributed by atoms with Gasteiger partial charge in [0.05, 0.1) is 36.2 Å². The lowest BCUT2D eigenvalue weighted by Crippen LogP contribution is -2.40. The highest BCUT2D eigenvalue weighted by molar-refractivity contribution is 7.16. The molecule has 0 fully saturated rings. The highest BCUT2D eigenvalue weighted by Crippen LogP contribution is 2.40. The first-order valence-corrected chi connectivity index (χ1v) is 28.9. The van der Waals surface area contributed by atoms with Gasteiger partial charge in [0, 0.05) is 52.5 Å². The fourth-order valence-electron chi connectivity index (χ4n) is 7.79. The SMILES string of the molecule is CNC(=O)C[C@@H]1NC(=O)c2csc(n2)-c2ccc(-c3nc(NC(=O)CCCCCN)cs3)nc2-c2csc(n2)-c2csc(n2)[C@H]([C@@H](O)c2ccccc2)NC(=O)CNC(=O)c2nc(sc2COC)NC(=O)c2nc1sc2C. The summed E-state index contributed by atoms with van der Waals surface area (Å²) in [5, 5.41) is 37.3. The molecule has 0 spiro atoms. The van der Waals surface area contributed by atoms with Crippen LogP contribution in [0.25, 0.3) is 43.4 Å². The summed E-state index contributed by atoms with van der Waals surface area (Å²) in [5.74, 6) is -2.83. The van der Waals surface area contributed by atoms with Crippen LogP contribution in [-0.2, 0) is 25.7 Å². The minimum atomic E-state index is -1.26. The lowest BCUT2D eigenvalue weighted by Gasteiger charge is -2.23. The number of hydrogen-bond donors (Lipinski definition) is 8. The van der Waals surface area contributed by atoms with E-state index >= 15 is 0 Å². The summed E-state index contributed by atoms with van der Waals surface area (Å²) < 4.78 is 5.33. The van der Waals surface area contributed by atoms with Gasteiger partial charge in [0.2, 0.25) is 17.7 Å². The predicted molar refractivity (Wildman–Crippen MR) is 296 cm³/mol. The molecule has 3 atom stereocenters. The van der Waals surface area contributed by atoms with E-state index < -0.39 is 54.3 Å². The number of aryl methyl sites for hydroxylation is 1. The number of carbonyl (C=O) groups is 6. The van der Waals surface area contributed by atoms with Gasteiger partial charge in [-0.2, -0.15) is 0 Å². The number of nitrogens with one attached hydrogen (secondary N) is 6. The molecule has 22 nitrogen and oxygen atoms in total. The quantitative estimate of drug-likeness (QED) is 0.0545. The smallest absolute Gasteiger partial charge is 0.277 e. The van der Waals surface area contributed by atoms with Crippen molar-refractivity contribution in [3.05, 3.63) is 106 Å². The molecule has 9 rings (SSSR count). The van der Waals surface area contributed by atoms with E-state index in [0.29, 0.717) is 88.9 Å². The molecule has 0 aliphatic carbocycles. The van der Waals surface area contributed by atoms with Crippen LogP contribution in [-0.4, -0.2) is 103 Å². The molecular weight excluding hydrogens is 1110 g/mol. The number of fused-ring (bicyclic) bond motifs is 14. The zero-order valence-corrected chi connectivity index (χ0v) is 46.1. The van der Waals surface area contributed by atoms with Gasteiger partial charge >= 0.3 is 0 Å². The third-order valence-corrected chi connectivity index (χ3v) is 17.2. The first-order chi connectivity index (χ1) is 37.3. The molecule has 1 aliphatic heterocycles. The molecule has 10 bridgehead atoms. The molecule has 0 unspecified atom stereocenters. The number of thiazole rings is 6. The lowest BCUT2D eigenvalue weighted by atomic mass is 10.0. The van der Waals surface area contributed by atoms with Crippen LogP contribution < -0.4 is 37.6 Å². The molecule has 0 saturated carbocycles. The van der Waals surface area contributed by atoms with E-state index in [2.05, 4.69) is 46.9 Å². The number of aliphatic hydroxyl groups is 1. The van der Waals surface area contributed by atoms with E-state index in [1.165, 1.54) is 59.5 Å². The number of rotatable bonds is 13. The van der Waals surface area contributed by atoms with Gasteiger partial charge in [-0.25, -0.2) is 34.9 Å². The molecular formula is C49H48N14O8S6. The second-order valence-corrected chi connectivity index (χ2v) is 22.8. The van der Waals surface area contributed by atoms with E-state index in [0.717, 1.165) is 35.5 Å². The second-order valence-electron chi connectivity index (χ2n) is 17.0. The minimum absolute atomic E-state index is 0.00234. The molecule has 8 aromatic rings. The number of carbonyl (C=O) groups excluding carboxylic acids is 6. The Hall–Kier alpha value is -7.15. The maximum absolute atomic E-state index is 14.2. The van der Waals surface area contributed by atoms with Gasteiger partial charge in [0.1, 0.15) is 77.2 Å². The third kappa shape index (κ3) is 13.0. The summed E-state index contributed by atoms with van der Waals surface area (Å²) in [6.07, 6.45) is 1.23. The van der Waals surface area contributed by atoms with Gasteiger partial charge in [-0.15, -0.1) is 56.7 Å². The molecule has 8 heterocycles. The van der Waals surface area contributed by atoms with Crippen LogP contribution in [0.4, 0.5) is 10.9 Å². The van der Waals surface area contributed by atoms with Crippen LogP contribution in [0.3, 0.4) is 0 Å². The number of aromatic nitrogens is 7. The fraction of sp³-hybridized carbons (Fsp3) is 0.286. The van der Waals surface area contributed by atoms with Crippen molar-refractivity contribution in [1.29, 1.82) is 0 Å². The van der Waals surface area contributed by atoms with Crippen LogP contribution >= 0.6 is 68.0 Å². The third-order valence-electron chi connectivity index (χ3n) is 11.6. The number of methoxy groups -OCH3 is 1. The molecule has 0 saturated heterocycles. The van der Waals surface area contributed by atoms with Gasteiger partial charge in [-0.1, -0.05) is 48.1 Å². The monoisotopic (exact) mass is 1150 g/mol. The Labute approximate surface area is 463 Å². The van der Waals surface area contributed by atoms with Crippen molar-refractivity contribution in [2.45, 2.75) is 63.8 Å². The van der Waals surface area contributed by atoms with Gasteiger partial charge < -0.3 is 42.2 Å². The van der Waals surface area contributed by atoms with Crippen molar-refractivity contribution in [2.75, 3.05) is 37.9 Å². The second kappa shape index (κ2) is 24.9. The van der Waals surface area contributed by atoms with Gasteiger partial charge in [0.25, 0.3) is 17.7 Å². The first kappa shape index (κ1) is 54.6. The van der Waals surface area contributed by atoms with Crippen LogP contribution in [0.2, 0.25) is 0 Å². The molecule has 398 valence electrons. The largest absolute Gasteiger partial charge is 0.386 e. The number of hydrogen-bond acceptors (Lipinski definition) is 22. The molecule has 1 aromatic carbocycles. The Kier molecular flexibility index (Phi) is 17.7. The van der Waals surface area contributed by atoms with Crippen LogP contribution in [0.5, 0.6) is 0 Å². The zero-order chi connectivity index (χ0) is 54.2. The molecule has 28 heteroatoms. The summed E-state index contributed by atoms with van der Waals surface area (Å²) in [6.45, 7) is 1.67. The van der Waals surface area contributed by atoms with E-state index in [9.17, 15) is 33.9 Å². The molecule has 6 amide bonds. The number of ether oxygens (including phenoxy) is 1. The highest BCUT2D eigenvalue weighted by Gasteiger charge is 2.31. The number of nitrogens with two attached hydrogens (primary N) is 1. The number of anilines is 2. The normalized spacial score (nSPS) is 15.5.